The second kappa shape index (κ2) is 4.45. The molecular formula is C11H9ClN2O2. The summed E-state index contributed by atoms with van der Waals surface area (Å²) < 4.78 is 0. The molecule has 1 aromatic heterocycles. The van der Waals surface area contributed by atoms with Crippen LogP contribution in [0.2, 0.25) is 5.02 Å². The molecular weight excluding hydrogens is 228 g/mol. The third-order valence-electron chi connectivity index (χ3n) is 2.37. The van der Waals surface area contributed by atoms with Crippen LogP contribution in [0, 0.1) is 10.1 Å². The summed E-state index contributed by atoms with van der Waals surface area (Å²) in [6.07, 6.45) is 1.97. The first-order valence-corrected chi connectivity index (χ1v) is 5.20. The molecule has 2 rings (SSSR count). The Morgan fingerprint density at radius 3 is 2.94 bits per heavy atom. The number of rotatable bonds is 3. The van der Waals surface area contributed by atoms with Crippen LogP contribution >= 0.6 is 11.6 Å². The number of aromatic nitrogens is 1. The topological polar surface area (TPSA) is 56.0 Å². The van der Waals surface area contributed by atoms with E-state index in [9.17, 15) is 10.1 Å². The van der Waals surface area contributed by atoms with Crippen molar-refractivity contribution >= 4 is 22.5 Å². The Hall–Kier alpha value is -1.68. The van der Waals surface area contributed by atoms with Crippen LogP contribution in [0.4, 0.5) is 0 Å². The van der Waals surface area contributed by atoms with Crippen molar-refractivity contribution in [3.05, 3.63) is 51.2 Å². The van der Waals surface area contributed by atoms with E-state index in [1.54, 1.807) is 12.3 Å². The summed E-state index contributed by atoms with van der Waals surface area (Å²) in [6, 6.07) is 7.35. The molecule has 0 atom stereocenters. The Morgan fingerprint density at radius 2 is 2.19 bits per heavy atom. The standard InChI is InChI=1S/C11H9ClN2O2/c12-10-4-3-8-2-1-6-13-11(8)9(10)5-7-14(15)16/h1-4,6H,5,7H2. The number of benzene rings is 1. The van der Waals surface area contributed by atoms with Gasteiger partial charge in [-0.1, -0.05) is 23.7 Å². The van der Waals surface area contributed by atoms with Gasteiger partial charge in [-0.2, -0.15) is 0 Å². The second-order valence-corrected chi connectivity index (χ2v) is 3.81. The zero-order valence-corrected chi connectivity index (χ0v) is 9.15. The normalized spacial score (nSPS) is 10.6. The molecule has 0 unspecified atom stereocenters. The van der Waals surface area contributed by atoms with Gasteiger partial charge in [0, 0.05) is 33.5 Å². The summed E-state index contributed by atoms with van der Waals surface area (Å²) >= 11 is 6.02. The smallest absolute Gasteiger partial charge is 0.208 e. The van der Waals surface area contributed by atoms with Gasteiger partial charge in [0.15, 0.2) is 0 Å². The first-order valence-electron chi connectivity index (χ1n) is 4.82. The van der Waals surface area contributed by atoms with Crippen LogP contribution in [0.3, 0.4) is 0 Å². The third-order valence-corrected chi connectivity index (χ3v) is 2.72. The molecule has 0 fully saturated rings. The number of nitro groups is 1. The number of nitrogens with zero attached hydrogens (tertiary/aromatic N) is 2. The molecule has 0 aliphatic rings. The molecule has 0 amide bonds. The number of hydrogen-bond acceptors (Lipinski definition) is 3. The van der Waals surface area contributed by atoms with Crippen LogP contribution in [0.5, 0.6) is 0 Å². The van der Waals surface area contributed by atoms with Gasteiger partial charge in [-0.05, 0) is 12.1 Å². The van der Waals surface area contributed by atoms with Gasteiger partial charge in [0.2, 0.25) is 6.54 Å². The minimum Gasteiger partial charge on any atom is -0.265 e. The van der Waals surface area contributed by atoms with E-state index in [2.05, 4.69) is 4.98 Å². The highest BCUT2D eigenvalue weighted by Gasteiger charge is 2.09. The maximum absolute atomic E-state index is 10.4. The molecule has 0 aliphatic carbocycles. The lowest BCUT2D eigenvalue weighted by Gasteiger charge is -2.05. The van der Waals surface area contributed by atoms with E-state index in [4.69, 9.17) is 11.6 Å². The van der Waals surface area contributed by atoms with E-state index in [1.807, 2.05) is 18.2 Å². The van der Waals surface area contributed by atoms with E-state index >= 15 is 0 Å². The minimum atomic E-state index is -0.349. The monoisotopic (exact) mass is 236 g/mol. The largest absolute Gasteiger partial charge is 0.265 e. The molecule has 0 spiro atoms. The second-order valence-electron chi connectivity index (χ2n) is 3.41. The van der Waals surface area contributed by atoms with E-state index < -0.39 is 0 Å². The molecule has 0 bridgehead atoms. The van der Waals surface area contributed by atoms with Crippen LogP contribution in [0.1, 0.15) is 5.56 Å². The SMILES string of the molecule is O=[N+]([O-])CCc1c(Cl)ccc2cccnc12. The fraction of sp³-hybridized carbons (Fsp3) is 0.182. The molecule has 0 aliphatic heterocycles. The van der Waals surface area contributed by atoms with E-state index in [0.29, 0.717) is 11.4 Å². The van der Waals surface area contributed by atoms with Crippen LogP contribution < -0.4 is 0 Å². The molecule has 0 saturated heterocycles. The van der Waals surface area contributed by atoms with Gasteiger partial charge in [-0.15, -0.1) is 0 Å². The van der Waals surface area contributed by atoms with Crippen molar-refractivity contribution in [2.24, 2.45) is 0 Å². The molecule has 0 saturated carbocycles. The molecule has 16 heavy (non-hydrogen) atoms. The first-order chi connectivity index (χ1) is 7.68. The number of hydrogen-bond donors (Lipinski definition) is 0. The zero-order valence-electron chi connectivity index (χ0n) is 8.39. The molecule has 1 heterocycles. The molecule has 0 radical (unpaired) electrons. The minimum absolute atomic E-state index is 0.130. The molecule has 5 heteroatoms. The summed E-state index contributed by atoms with van der Waals surface area (Å²) in [4.78, 5) is 14.2. The number of pyridine rings is 1. The molecule has 2 aromatic rings. The Bertz CT molecular complexity index is 542. The van der Waals surface area contributed by atoms with Gasteiger partial charge in [-0.25, -0.2) is 0 Å². The van der Waals surface area contributed by atoms with Crippen LogP contribution in [-0.4, -0.2) is 16.5 Å². The van der Waals surface area contributed by atoms with Crippen LogP contribution in [0.25, 0.3) is 10.9 Å². The maximum atomic E-state index is 10.4. The average molecular weight is 237 g/mol. The Kier molecular flexibility index (Phi) is 3.01. The first kappa shape index (κ1) is 10.8. The predicted molar refractivity (Wildman–Crippen MR) is 62.3 cm³/mol. The van der Waals surface area contributed by atoms with Crippen LogP contribution in [0.15, 0.2) is 30.5 Å². The molecule has 0 N–H and O–H groups in total. The van der Waals surface area contributed by atoms with Gasteiger partial charge in [0.25, 0.3) is 0 Å². The van der Waals surface area contributed by atoms with E-state index in [1.165, 1.54) is 0 Å². The van der Waals surface area contributed by atoms with Crippen molar-refractivity contribution in [1.29, 1.82) is 0 Å². The highest BCUT2D eigenvalue weighted by atomic mass is 35.5. The zero-order chi connectivity index (χ0) is 11.5. The van der Waals surface area contributed by atoms with Crippen molar-refractivity contribution in [2.45, 2.75) is 6.42 Å². The van der Waals surface area contributed by atoms with Crippen molar-refractivity contribution < 1.29 is 4.92 Å². The number of fused-ring (bicyclic) bond motifs is 1. The Morgan fingerprint density at radius 1 is 1.38 bits per heavy atom. The van der Waals surface area contributed by atoms with Crippen LogP contribution in [-0.2, 0) is 6.42 Å². The summed E-state index contributed by atoms with van der Waals surface area (Å²) in [5, 5.41) is 11.8. The average Bonchev–Trinajstić information content (AvgIpc) is 2.27. The highest BCUT2D eigenvalue weighted by Crippen LogP contribution is 2.24. The lowest BCUT2D eigenvalue weighted by molar-refractivity contribution is -0.479. The van der Waals surface area contributed by atoms with Gasteiger partial charge >= 0.3 is 0 Å². The van der Waals surface area contributed by atoms with Gasteiger partial charge in [-0.3, -0.25) is 15.1 Å². The highest BCUT2D eigenvalue weighted by molar-refractivity contribution is 6.32. The van der Waals surface area contributed by atoms with E-state index in [-0.39, 0.29) is 11.5 Å². The summed E-state index contributed by atoms with van der Waals surface area (Å²) in [6.45, 7) is -0.130. The Labute approximate surface area is 97.0 Å². The van der Waals surface area contributed by atoms with Crippen molar-refractivity contribution in [3.63, 3.8) is 0 Å². The Balaban J connectivity index is 2.48. The third kappa shape index (κ3) is 2.12. The van der Waals surface area contributed by atoms with Gasteiger partial charge in [0.1, 0.15) is 0 Å². The van der Waals surface area contributed by atoms with Crippen molar-refractivity contribution in [1.82, 2.24) is 4.98 Å². The molecule has 1 aromatic carbocycles. The fourth-order valence-corrected chi connectivity index (χ4v) is 1.87. The van der Waals surface area contributed by atoms with Crippen molar-refractivity contribution in [2.75, 3.05) is 6.54 Å². The number of halogens is 1. The fourth-order valence-electron chi connectivity index (χ4n) is 1.62. The summed E-state index contributed by atoms with van der Waals surface area (Å²) in [7, 11) is 0. The van der Waals surface area contributed by atoms with Crippen molar-refractivity contribution in [3.8, 4) is 0 Å². The van der Waals surface area contributed by atoms with E-state index in [0.717, 1.165) is 16.5 Å². The lowest BCUT2D eigenvalue weighted by atomic mass is 10.1. The quantitative estimate of drug-likeness (QED) is 0.608. The molecule has 4 nitrogen and oxygen atoms in total. The molecule has 82 valence electrons. The van der Waals surface area contributed by atoms with Gasteiger partial charge < -0.3 is 0 Å². The summed E-state index contributed by atoms with van der Waals surface area (Å²) in [5.74, 6) is 0. The van der Waals surface area contributed by atoms with Gasteiger partial charge in [0.05, 0.1) is 5.52 Å². The summed E-state index contributed by atoms with van der Waals surface area (Å²) in [5.41, 5.74) is 1.49. The predicted octanol–water partition coefficient (Wildman–Crippen LogP) is 2.71. The maximum Gasteiger partial charge on any atom is 0.208 e. The lowest BCUT2D eigenvalue weighted by Crippen LogP contribution is -2.05.